The summed E-state index contributed by atoms with van der Waals surface area (Å²) in [5, 5.41) is 13.0. The Morgan fingerprint density at radius 2 is 2.05 bits per heavy atom. The highest BCUT2D eigenvalue weighted by Crippen LogP contribution is 2.22. The van der Waals surface area contributed by atoms with E-state index in [1.54, 1.807) is 0 Å². The van der Waals surface area contributed by atoms with Crippen LogP contribution in [0.15, 0.2) is 18.2 Å². The summed E-state index contributed by atoms with van der Waals surface area (Å²) in [4.78, 5) is 2.33. The summed E-state index contributed by atoms with van der Waals surface area (Å²) in [6, 6.07) is 3.81. The van der Waals surface area contributed by atoms with Gasteiger partial charge in [-0.05, 0) is 38.1 Å². The van der Waals surface area contributed by atoms with Gasteiger partial charge in [0.1, 0.15) is 11.6 Å². The molecule has 5 heteroatoms. The fourth-order valence-electron chi connectivity index (χ4n) is 2.90. The van der Waals surface area contributed by atoms with Gasteiger partial charge >= 0.3 is 0 Å². The van der Waals surface area contributed by atoms with Crippen LogP contribution in [0.1, 0.15) is 37.4 Å². The van der Waals surface area contributed by atoms with E-state index in [1.165, 1.54) is 25.7 Å². The molecule has 3 nitrogen and oxygen atoms in total. The van der Waals surface area contributed by atoms with Crippen LogP contribution in [-0.4, -0.2) is 42.7 Å². The lowest BCUT2D eigenvalue weighted by atomic mass is 10.1. The van der Waals surface area contributed by atoms with Crippen molar-refractivity contribution in [1.29, 1.82) is 0 Å². The molecule has 0 radical (unpaired) electrons. The first kappa shape index (κ1) is 16.3. The number of rotatable bonds is 7. The zero-order chi connectivity index (χ0) is 15.2. The van der Waals surface area contributed by atoms with Crippen molar-refractivity contribution in [3.8, 4) is 0 Å². The van der Waals surface area contributed by atoms with Crippen molar-refractivity contribution < 1.29 is 13.9 Å². The van der Waals surface area contributed by atoms with Crippen molar-refractivity contribution in [2.45, 2.75) is 37.8 Å². The third kappa shape index (κ3) is 4.73. The predicted molar refractivity (Wildman–Crippen MR) is 79.1 cm³/mol. The van der Waals surface area contributed by atoms with Crippen molar-refractivity contribution in [2.24, 2.45) is 0 Å². The smallest absolute Gasteiger partial charge is 0.129 e. The molecule has 0 aromatic heterocycles. The topological polar surface area (TPSA) is 35.5 Å². The van der Waals surface area contributed by atoms with Crippen LogP contribution < -0.4 is 5.32 Å². The number of hydrogen-bond donors (Lipinski definition) is 2. The van der Waals surface area contributed by atoms with Gasteiger partial charge < -0.3 is 15.3 Å². The van der Waals surface area contributed by atoms with Crippen LogP contribution in [-0.2, 0) is 0 Å². The van der Waals surface area contributed by atoms with Crippen LogP contribution in [0.4, 0.5) is 8.78 Å². The quantitative estimate of drug-likeness (QED) is 0.759. The second-order valence-corrected chi connectivity index (χ2v) is 5.80. The molecule has 2 rings (SSSR count). The molecule has 0 bridgehead atoms. The summed E-state index contributed by atoms with van der Waals surface area (Å²) >= 11 is 0. The minimum atomic E-state index is -1.03. The average molecular weight is 298 g/mol. The number of hydrogen-bond acceptors (Lipinski definition) is 3. The molecule has 0 amide bonds. The van der Waals surface area contributed by atoms with Gasteiger partial charge in [0.15, 0.2) is 0 Å². The number of likely N-dealkylation sites (N-methyl/N-ethyl adjacent to an activating group) is 1. The zero-order valence-electron chi connectivity index (χ0n) is 12.5. The molecule has 0 heterocycles. The van der Waals surface area contributed by atoms with E-state index in [-0.39, 0.29) is 12.1 Å². The molecule has 0 aliphatic heterocycles. The third-order valence-corrected chi connectivity index (χ3v) is 4.24. The lowest BCUT2D eigenvalue weighted by Crippen LogP contribution is -2.36. The molecule has 1 aromatic carbocycles. The lowest BCUT2D eigenvalue weighted by molar-refractivity contribution is 0.166. The van der Waals surface area contributed by atoms with E-state index in [9.17, 15) is 13.9 Å². The van der Waals surface area contributed by atoms with E-state index < -0.39 is 17.7 Å². The van der Waals surface area contributed by atoms with Crippen LogP contribution in [0.3, 0.4) is 0 Å². The number of nitrogens with zero attached hydrogens (tertiary/aromatic N) is 1. The third-order valence-electron chi connectivity index (χ3n) is 4.24. The Bertz CT molecular complexity index is 450. The second kappa shape index (κ2) is 7.82. The fraction of sp³-hybridized carbons (Fsp3) is 0.625. The minimum absolute atomic E-state index is 0.00616. The number of benzene rings is 1. The van der Waals surface area contributed by atoms with Crippen molar-refractivity contribution in [1.82, 2.24) is 10.2 Å². The molecule has 1 aliphatic carbocycles. The molecule has 1 aliphatic rings. The first-order valence-corrected chi connectivity index (χ1v) is 7.62. The molecule has 0 saturated heterocycles. The highest BCUT2D eigenvalue weighted by molar-refractivity contribution is 5.21. The van der Waals surface area contributed by atoms with Gasteiger partial charge in [-0.1, -0.05) is 12.8 Å². The number of halogens is 2. The molecule has 21 heavy (non-hydrogen) atoms. The van der Waals surface area contributed by atoms with Crippen molar-refractivity contribution in [3.63, 3.8) is 0 Å². The number of aliphatic hydroxyl groups is 1. The summed E-state index contributed by atoms with van der Waals surface area (Å²) in [7, 11) is 2.11. The van der Waals surface area contributed by atoms with E-state index in [0.717, 1.165) is 31.3 Å². The first-order valence-electron chi connectivity index (χ1n) is 7.62. The van der Waals surface area contributed by atoms with Crippen molar-refractivity contribution >= 4 is 0 Å². The van der Waals surface area contributed by atoms with Gasteiger partial charge in [-0.15, -0.1) is 0 Å². The Morgan fingerprint density at radius 3 is 2.76 bits per heavy atom. The summed E-state index contributed by atoms with van der Waals surface area (Å²) in [5.74, 6) is -1.11. The normalized spacial score (nSPS) is 17.6. The van der Waals surface area contributed by atoms with Gasteiger partial charge in [0.05, 0.1) is 6.10 Å². The molecule has 1 atom stereocenters. The molecule has 1 aromatic rings. The Balaban J connectivity index is 1.71. The summed E-state index contributed by atoms with van der Waals surface area (Å²) < 4.78 is 26.6. The van der Waals surface area contributed by atoms with Crippen LogP contribution >= 0.6 is 0 Å². The monoisotopic (exact) mass is 298 g/mol. The Morgan fingerprint density at radius 1 is 1.33 bits per heavy atom. The van der Waals surface area contributed by atoms with E-state index in [1.807, 2.05) is 0 Å². The van der Waals surface area contributed by atoms with E-state index >= 15 is 0 Å². The maximum atomic E-state index is 13.5. The Hall–Kier alpha value is -1.04. The Labute approximate surface area is 125 Å². The first-order chi connectivity index (χ1) is 10.1. The largest absolute Gasteiger partial charge is 0.387 e. The van der Waals surface area contributed by atoms with Crippen LogP contribution in [0.2, 0.25) is 0 Å². The molecule has 1 unspecified atom stereocenters. The van der Waals surface area contributed by atoms with Gasteiger partial charge in [-0.3, -0.25) is 0 Å². The van der Waals surface area contributed by atoms with E-state index in [2.05, 4.69) is 17.3 Å². The van der Waals surface area contributed by atoms with Gasteiger partial charge in [0.25, 0.3) is 0 Å². The predicted octanol–water partition coefficient (Wildman–Crippen LogP) is 2.46. The highest BCUT2D eigenvalue weighted by Gasteiger charge is 2.19. The van der Waals surface area contributed by atoms with E-state index in [4.69, 9.17) is 0 Å². The highest BCUT2D eigenvalue weighted by atomic mass is 19.1. The lowest BCUT2D eigenvalue weighted by Gasteiger charge is -2.24. The molecule has 1 saturated carbocycles. The van der Waals surface area contributed by atoms with Crippen molar-refractivity contribution in [2.75, 3.05) is 26.7 Å². The molecule has 0 spiro atoms. The van der Waals surface area contributed by atoms with Gasteiger partial charge in [-0.2, -0.15) is 0 Å². The summed E-state index contributed by atoms with van der Waals surface area (Å²) in [6.07, 6.45) is 4.10. The molecular formula is C16H24F2N2O. The number of aliphatic hydroxyl groups excluding tert-OH is 1. The maximum absolute atomic E-state index is 13.5. The maximum Gasteiger partial charge on any atom is 0.129 e. The Kier molecular flexibility index (Phi) is 6.08. The minimum Gasteiger partial charge on any atom is -0.387 e. The van der Waals surface area contributed by atoms with Crippen molar-refractivity contribution in [3.05, 3.63) is 35.4 Å². The standard InChI is InChI=1S/C16H24F2N2O/c1-20(13-4-2-3-5-13)9-8-19-11-16(21)14-10-12(17)6-7-15(14)18/h6-7,10,13,16,19,21H,2-5,8-9,11H2,1H3. The average Bonchev–Trinajstić information content (AvgIpc) is 3.00. The van der Waals surface area contributed by atoms with Crippen LogP contribution in [0, 0.1) is 11.6 Å². The second-order valence-electron chi connectivity index (χ2n) is 5.80. The summed E-state index contributed by atoms with van der Waals surface area (Å²) in [5.41, 5.74) is 0.00616. The molecule has 1 fully saturated rings. The zero-order valence-corrected chi connectivity index (χ0v) is 12.5. The van der Waals surface area contributed by atoms with Gasteiger partial charge in [0, 0.05) is 31.2 Å². The van der Waals surface area contributed by atoms with Gasteiger partial charge in [-0.25, -0.2) is 8.78 Å². The van der Waals surface area contributed by atoms with Gasteiger partial charge in [0.2, 0.25) is 0 Å². The SMILES string of the molecule is CN(CCNCC(O)c1cc(F)ccc1F)C1CCCC1. The molecule has 2 N–H and O–H groups in total. The fourth-order valence-corrected chi connectivity index (χ4v) is 2.90. The molecular weight excluding hydrogens is 274 g/mol. The van der Waals surface area contributed by atoms with E-state index in [0.29, 0.717) is 6.04 Å². The van der Waals surface area contributed by atoms with Crippen LogP contribution in [0.25, 0.3) is 0 Å². The van der Waals surface area contributed by atoms with Crippen LogP contribution in [0.5, 0.6) is 0 Å². The summed E-state index contributed by atoms with van der Waals surface area (Å²) in [6.45, 7) is 1.84. The number of nitrogens with one attached hydrogen (secondary N) is 1. The molecule has 118 valence electrons.